The van der Waals surface area contributed by atoms with Gasteiger partial charge in [-0.25, -0.2) is 27.5 Å². The summed E-state index contributed by atoms with van der Waals surface area (Å²) in [6, 6.07) is 6.23. The smallest absolute Gasteiger partial charge is 0.285 e. The first-order valence-corrected chi connectivity index (χ1v) is 16.3. The van der Waals surface area contributed by atoms with Gasteiger partial charge in [0.05, 0.1) is 34.6 Å². The minimum atomic E-state index is -3.85. The number of piperidine rings is 1. The van der Waals surface area contributed by atoms with Crippen LogP contribution in [0.25, 0.3) is 10.9 Å². The first-order chi connectivity index (χ1) is 20.6. The molecular weight excluding hydrogens is 611 g/mol. The highest BCUT2D eigenvalue weighted by Gasteiger charge is 2.29. The summed E-state index contributed by atoms with van der Waals surface area (Å²) in [7, 11) is -0.428. The van der Waals surface area contributed by atoms with E-state index in [0.29, 0.717) is 59.7 Å². The quantitative estimate of drug-likeness (QED) is 0.288. The standard InChI is InChI=1S/C29H34ClFN8O4S/c1-15-13-19(16(2)32-21-7-8-22(30)33-26(21)27(40)36-44(6,42)43)25-20(14-15)28(41)37(4)29(34-25)39-11-9-18(10-12-39)24-23(31)17(3)38(5)35-24/h7-8,13-14,16,18,32H,9-12H2,1-6H3,(H,36,40)/t16-/m1/s1. The number of anilines is 2. The molecule has 1 aliphatic heterocycles. The lowest BCUT2D eigenvalue weighted by Gasteiger charge is -2.33. The number of aromatic nitrogens is 5. The van der Waals surface area contributed by atoms with Crippen LogP contribution in [0.1, 0.15) is 64.7 Å². The van der Waals surface area contributed by atoms with Gasteiger partial charge in [0.25, 0.3) is 11.5 Å². The van der Waals surface area contributed by atoms with Crippen LogP contribution in [0.5, 0.6) is 0 Å². The van der Waals surface area contributed by atoms with Crippen LogP contribution in [0.4, 0.5) is 16.0 Å². The number of benzene rings is 1. The fourth-order valence-corrected chi connectivity index (χ4v) is 6.21. The van der Waals surface area contributed by atoms with Crippen LogP contribution >= 0.6 is 11.6 Å². The number of carbonyl (C=O) groups is 1. The van der Waals surface area contributed by atoms with Gasteiger partial charge in [-0.15, -0.1) is 0 Å². The van der Waals surface area contributed by atoms with Gasteiger partial charge in [-0.05, 0) is 57.4 Å². The second-order valence-corrected chi connectivity index (χ2v) is 13.4. The summed E-state index contributed by atoms with van der Waals surface area (Å²) >= 11 is 6.02. The zero-order valence-electron chi connectivity index (χ0n) is 25.3. The number of nitrogens with zero attached hydrogens (tertiary/aromatic N) is 6. The molecule has 4 aromatic rings. The van der Waals surface area contributed by atoms with E-state index < -0.39 is 22.0 Å². The summed E-state index contributed by atoms with van der Waals surface area (Å²) < 4.78 is 43.2. The Bertz CT molecular complexity index is 1950. The fraction of sp³-hybridized carbons (Fsp3) is 0.414. The molecule has 0 saturated carbocycles. The fourth-order valence-electron chi connectivity index (χ4n) is 5.63. The van der Waals surface area contributed by atoms with Crippen molar-refractivity contribution in [3.8, 4) is 0 Å². The molecule has 1 amide bonds. The van der Waals surface area contributed by atoms with Gasteiger partial charge in [0.15, 0.2) is 11.5 Å². The van der Waals surface area contributed by atoms with Gasteiger partial charge in [-0.2, -0.15) is 5.10 Å². The van der Waals surface area contributed by atoms with Gasteiger partial charge < -0.3 is 10.2 Å². The predicted octanol–water partition coefficient (Wildman–Crippen LogP) is 3.72. The van der Waals surface area contributed by atoms with Gasteiger partial charge in [-0.1, -0.05) is 17.7 Å². The average molecular weight is 645 g/mol. The number of nitrogens with one attached hydrogen (secondary N) is 2. The molecule has 5 rings (SSSR count). The molecule has 1 aliphatic rings. The van der Waals surface area contributed by atoms with E-state index in [-0.39, 0.29) is 33.8 Å². The molecule has 4 heterocycles. The van der Waals surface area contributed by atoms with Crippen molar-refractivity contribution in [3.05, 3.63) is 73.8 Å². The zero-order chi connectivity index (χ0) is 32.1. The monoisotopic (exact) mass is 644 g/mol. The number of fused-ring (bicyclic) bond motifs is 1. The Balaban J connectivity index is 1.48. The van der Waals surface area contributed by atoms with Crippen molar-refractivity contribution in [1.82, 2.24) is 29.0 Å². The Labute approximate surface area is 259 Å². The summed E-state index contributed by atoms with van der Waals surface area (Å²) in [5, 5.41) is 8.07. The molecule has 0 unspecified atom stereocenters. The van der Waals surface area contributed by atoms with E-state index >= 15 is 0 Å². The lowest BCUT2D eigenvalue weighted by atomic mass is 9.93. The third-order valence-corrected chi connectivity index (χ3v) is 8.74. The number of amides is 1. The average Bonchev–Trinajstić information content (AvgIpc) is 3.22. The maximum absolute atomic E-state index is 14.8. The molecule has 0 aliphatic carbocycles. The first kappa shape index (κ1) is 31.4. The molecule has 44 heavy (non-hydrogen) atoms. The van der Waals surface area contributed by atoms with E-state index in [2.05, 4.69) is 15.4 Å². The molecule has 0 bridgehead atoms. The number of rotatable bonds is 7. The van der Waals surface area contributed by atoms with Crippen molar-refractivity contribution < 1.29 is 17.6 Å². The SMILES string of the molecule is Cc1cc([C@@H](C)Nc2ccc(Cl)nc2C(=O)NS(C)(=O)=O)c2nc(N3CCC(c4nn(C)c(C)c4F)CC3)n(C)c(=O)c2c1. The van der Waals surface area contributed by atoms with Gasteiger partial charge in [0, 0.05) is 38.7 Å². The van der Waals surface area contributed by atoms with Crippen molar-refractivity contribution in [2.24, 2.45) is 14.1 Å². The molecule has 12 nitrogen and oxygen atoms in total. The summed E-state index contributed by atoms with van der Waals surface area (Å²) in [5.41, 5.74) is 2.85. The van der Waals surface area contributed by atoms with E-state index in [1.165, 1.54) is 16.7 Å². The second kappa shape index (κ2) is 11.8. The topological polar surface area (TPSA) is 144 Å². The van der Waals surface area contributed by atoms with E-state index in [0.717, 1.165) is 11.8 Å². The van der Waals surface area contributed by atoms with E-state index in [1.807, 2.05) is 29.5 Å². The molecule has 1 saturated heterocycles. The molecule has 234 valence electrons. The highest BCUT2D eigenvalue weighted by molar-refractivity contribution is 7.89. The largest absolute Gasteiger partial charge is 0.377 e. The van der Waals surface area contributed by atoms with Gasteiger partial charge in [-0.3, -0.25) is 18.8 Å². The van der Waals surface area contributed by atoms with E-state index in [9.17, 15) is 22.4 Å². The minimum absolute atomic E-state index is 0.0161. The number of aryl methyl sites for hydroxylation is 2. The van der Waals surface area contributed by atoms with Crippen molar-refractivity contribution in [1.29, 1.82) is 0 Å². The lowest BCUT2D eigenvalue weighted by molar-refractivity contribution is 0.0977. The molecule has 2 N–H and O–H groups in total. The Morgan fingerprint density at radius 2 is 1.82 bits per heavy atom. The van der Waals surface area contributed by atoms with Crippen LogP contribution in [0.3, 0.4) is 0 Å². The molecular formula is C29H34ClFN8O4S. The number of sulfonamides is 1. The molecule has 1 aromatic carbocycles. The van der Waals surface area contributed by atoms with Crippen molar-refractivity contribution >= 4 is 50.1 Å². The predicted molar refractivity (Wildman–Crippen MR) is 167 cm³/mol. The molecule has 0 radical (unpaired) electrons. The zero-order valence-corrected chi connectivity index (χ0v) is 26.8. The van der Waals surface area contributed by atoms with Crippen molar-refractivity contribution in [3.63, 3.8) is 0 Å². The van der Waals surface area contributed by atoms with Gasteiger partial charge in [0.2, 0.25) is 16.0 Å². The van der Waals surface area contributed by atoms with Crippen LogP contribution in [0.15, 0.2) is 29.1 Å². The van der Waals surface area contributed by atoms with Gasteiger partial charge >= 0.3 is 0 Å². The maximum Gasteiger partial charge on any atom is 0.285 e. The van der Waals surface area contributed by atoms with Crippen LogP contribution < -0.4 is 20.5 Å². The number of hydrogen-bond acceptors (Lipinski definition) is 9. The molecule has 0 spiro atoms. The number of halogens is 2. The van der Waals surface area contributed by atoms with Crippen LogP contribution in [-0.2, 0) is 24.1 Å². The summed E-state index contributed by atoms with van der Waals surface area (Å²) in [6.07, 6.45) is 2.18. The highest BCUT2D eigenvalue weighted by Crippen LogP contribution is 2.33. The van der Waals surface area contributed by atoms with E-state index in [4.69, 9.17) is 16.6 Å². The number of pyridine rings is 1. The Morgan fingerprint density at radius 1 is 1.14 bits per heavy atom. The Morgan fingerprint density at radius 3 is 2.43 bits per heavy atom. The summed E-state index contributed by atoms with van der Waals surface area (Å²) in [4.78, 5) is 37.4. The highest BCUT2D eigenvalue weighted by atomic mass is 35.5. The van der Waals surface area contributed by atoms with Crippen molar-refractivity contribution in [2.45, 2.75) is 45.6 Å². The van der Waals surface area contributed by atoms with Crippen LogP contribution in [0.2, 0.25) is 5.15 Å². The Kier molecular flexibility index (Phi) is 8.42. The third-order valence-electron chi connectivity index (χ3n) is 7.97. The Hall–Kier alpha value is -4.04. The number of hydrogen-bond donors (Lipinski definition) is 2. The maximum atomic E-state index is 14.8. The van der Waals surface area contributed by atoms with Crippen LogP contribution in [0, 0.1) is 19.7 Å². The normalized spacial score (nSPS) is 15.0. The number of carbonyl (C=O) groups excluding carboxylic acids is 1. The lowest BCUT2D eigenvalue weighted by Crippen LogP contribution is -2.38. The van der Waals surface area contributed by atoms with E-state index in [1.54, 1.807) is 31.8 Å². The van der Waals surface area contributed by atoms with Crippen molar-refractivity contribution in [2.75, 3.05) is 29.6 Å². The molecule has 1 atom stereocenters. The first-order valence-electron chi connectivity index (χ1n) is 14.0. The second-order valence-electron chi connectivity index (χ2n) is 11.3. The minimum Gasteiger partial charge on any atom is -0.377 e. The van der Waals surface area contributed by atoms with Crippen LogP contribution in [-0.4, -0.2) is 58.0 Å². The van der Waals surface area contributed by atoms with Gasteiger partial charge in [0.1, 0.15) is 10.8 Å². The molecule has 3 aromatic heterocycles. The molecule has 1 fully saturated rings. The summed E-state index contributed by atoms with van der Waals surface area (Å²) in [5.74, 6) is -0.737. The summed E-state index contributed by atoms with van der Waals surface area (Å²) in [6.45, 7) is 6.56. The molecule has 15 heteroatoms. The third kappa shape index (κ3) is 6.13.